The van der Waals surface area contributed by atoms with Gasteiger partial charge in [0.25, 0.3) is 0 Å². The summed E-state index contributed by atoms with van der Waals surface area (Å²) in [6.07, 6.45) is 1.68. The molecule has 8 heteroatoms. The molecule has 6 nitrogen and oxygen atoms in total. The fraction of sp³-hybridized carbons (Fsp3) is 0.615. The number of nitrogens with one attached hydrogen (secondary N) is 3. The van der Waals surface area contributed by atoms with Crippen LogP contribution >= 0.6 is 11.3 Å². The van der Waals surface area contributed by atoms with Crippen molar-refractivity contribution in [2.45, 2.75) is 24.0 Å². The van der Waals surface area contributed by atoms with Crippen molar-refractivity contribution in [3.05, 3.63) is 17.0 Å². The lowest BCUT2D eigenvalue weighted by molar-refractivity contribution is -0.125. The fourth-order valence-corrected chi connectivity index (χ4v) is 4.59. The summed E-state index contributed by atoms with van der Waals surface area (Å²) in [5.41, 5.74) is 0. The normalized spacial score (nSPS) is 16.8. The summed E-state index contributed by atoms with van der Waals surface area (Å²) >= 11 is 1.24. The van der Waals surface area contributed by atoms with E-state index in [-0.39, 0.29) is 18.4 Å². The van der Waals surface area contributed by atoms with Crippen LogP contribution in [0.4, 0.5) is 0 Å². The molecular formula is C13H21N3O3S2. The van der Waals surface area contributed by atoms with Gasteiger partial charge in [-0.15, -0.1) is 11.3 Å². The Morgan fingerprint density at radius 2 is 2.05 bits per heavy atom. The Kier molecular flexibility index (Phi) is 5.74. The van der Waals surface area contributed by atoms with Crippen LogP contribution in [-0.4, -0.2) is 40.5 Å². The smallest absolute Gasteiger partial charge is 0.250 e. The van der Waals surface area contributed by atoms with E-state index in [1.165, 1.54) is 11.3 Å². The van der Waals surface area contributed by atoms with Crippen molar-refractivity contribution in [2.75, 3.05) is 26.2 Å². The van der Waals surface area contributed by atoms with Crippen LogP contribution in [0.3, 0.4) is 0 Å². The molecule has 1 amide bonds. The van der Waals surface area contributed by atoms with Gasteiger partial charge in [0.2, 0.25) is 15.9 Å². The standard InChI is InChI=1S/C13H21N3O3S2/c1-10-2-3-12(20-10)21(18,19)16-9-8-15-13(17)11-4-6-14-7-5-11/h2-3,11,14,16H,4-9H2,1H3,(H,15,17). The van der Waals surface area contributed by atoms with Gasteiger partial charge in [0, 0.05) is 23.9 Å². The number of hydrogen-bond donors (Lipinski definition) is 3. The highest BCUT2D eigenvalue weighted by Crippen LogP contribution is 2.19. The predicted molar refractivity (Wildman–Crippen MR) is 82.8 cm³/mol. The maximum Gasteiger partial charge on any atom is 0.250 e. The summed E-state index contributed by atoms with van der Waals surface area (Å²) in [5.74, 6) is 0.0606. The van der Waals surface area contributed by atoms with Crippen LogP contribution in [-0.2, 0) is 14.8 Å². The molecule has 0 spiro atoms. The predicted octanol–water partition coefficient (Wildman–Crippen LogP) is 0.451. The van der Waals surface area contributed by atoms with Crippen molar-refractivity contribution in [3.8, 4) is 0 Å². The molecule has 0 aliphatic carbocycles. The molecule has 2 heterocycles. The van der Waals surface area contributed by atoms with E-state index in [2.05, 4.69) is 15.4 Å². The Hall–Kier alpha value is -0.960. The first-order valence-corrected chi connectivity index (χ1v) is 9.33. The van der Waals surface area contributed by atoms with Crippen molar-refractivity contribution in [3.63, 3.8) is 0 Å². The van der Waals surface area contributed by atoms with E-state index >= 15 is 0 Å². The van der Waals surface area contributed by atoms with Crippen LogP contribution in [0.1, 0.15) is 17.7 Å². The molecule has 1 aliphatic heterocycles. The lowest BCUT2D eigenvalue weighted by Gasteiger charge is -2.21. The summed E-state index contributed by atoms with van der Waals surface area (Å²) < 4.78 is 26.8. The summed E-state index contributed by atoms with van der Waals surface area (Å²) in [5, 5.41) is 6.00. The lowest BCUT2D eigenvalue weighted by Crippen LogP contribution is -2.41. The molecule has 0 atom stereocenters. The van der Waals surface area contributed by atoms with Crippen molar-refractivity contribution < 1.29 is 13.2 Å². The number of hydrogen-bond acceptors (Lipinski definition) is 5. The van der Waals surface area contributed by atoms with E-state index in [1.807, 2.05) is 6.92 Å². The van der Waals surface area contributed by atoms with Gasteiger partial charge < -0.3 is 10.6 Å². The van der Waals surface area contributed by atoms with E-state index in [4.69, 9.17) is 0 Å². The molecule has 0 aromatic carbocycles. The summed E-state index contributed by atoms with van der Waals surface area (Å²) in [4.78, 5) is 12.8. The molecule has 0 unspecified atom stereocenters. The third-order valence-corrected chi connectivity index (χ3v) is 6.36. The van der Waals surface area contributed by atoms with Gasteiger partial charge in [0.15, 0.2) is 0 Å². The van der Waals surface area contributed by atoms with Gasteiger partial charge in [-0.05, 0) is 45.0 Å². The first-order chi connectivity index (χ1) is 9.99. The van der Waals surface area contributed by atoms with Crippen LogP contribution in [0, 0.1) is 12.8 Å². The van der Waals surface area contributed by atoms with Gasteiger partial charge >= 0.3 is 0 Å². The van der Waals surface area contributed by atoms with E-state index < -0.39 is 10.0 Å². The van der Waals surface area contributed by atoms with Gasteiger partial charge in [-0.2, -0.15) is 0 Å². The zero-order valence-electron chi connectivity index (χ0n) is 12.0. The Morgan fingerprint density at radius 1 is 1.33 bits per heavy atom. The second-order valence-corrected chi connectivity index (χ2v) is 8.36. The first-order valence-electron chi connectivity index (χ1n) is 7.03. The van der Waals surface area contributed by atoms with Crippen molar-refractivity contribution in [2.24, 2.45) is 5.92 Å². The number of sulfonamides is 1. The van der Waals surface area contributed by atoms with E-state index in [0.717, 1.165) is 30.8 Å². The molecule has 21 heavy (non-hydrogen) atoms. The van der Waals surface area contributed by atoms with Crippen LogP contribution in [0.2, 0.25) is 0 Å². The topological polar surface area (TPSA) is 87.3 Å². The second kappa shape index (κ2) is 7.35. The quantitative estimate of drug-likeness (QED) is 0.661. The van der Waals surface area contributed by atoms with Crippen molar-refractivity contribution in [1.29, 1.82) is 0 Å². The maximum absolute atomic E-state index is 12.0. The number of carbonyl (C=O) groups excluding carboxylic acids is 1. The van der Waals surface area contributed by atoms with Gasteiger partial charge in [-0.1, -0.05) is 0 Å². The molecule has 0 saturated carbocycles. The Balaban J connectivity index is 1.73. The molecule has 1 fully saturated rings. The second-order valence-electron chi connectivity index (χ2n) is 5.08. The highest BCUT2D eigenvalue weighted by atomic mass is 32.2. The minimum absolute atomic E-state index is 0.0164. The maximum atomic E-state index is 12.0. The zero-order valence-corrected chi connectivity index (χ0v) is 13.6. The Bertz CT molecular complexity index is 577. The van der Waals surface area contributed by atoms with Gasteiger partial charge in [-0.3, -0.25) is 4.79 Å². The minimum Gasteiger partial charge on any atom is -0.355 e. The number of rotatable bonds is 6. The highest BCUT2D eigenvalue weighted by Gasteiger charge is 2.20. The molecule has 1 aromatic rings. The third kappa shape index (κ3) is 4.77. The minimum atomic E-state index is -3.46. The Morgan fingerprint density at radius 3 is 2.67 bits per heavy atom. The molecule has 1 saturated heterocycles. The third-order valence-electron chi connectivity index (χ3n) is 3.41. The van der Waals surface area contributed by atoms with Gasteiger partial charge in [0.1, 0.15) is 4.21 Å². The first kappa shape index (κ1) is 16.4. The number of piperidine rings is 1. The van der Waals surface area contributed by atoms with Crippen LogP contribution in [0.5, 0.6) is 0 Å². The number of carbonyl (C=O) groups is 1. The molecule has 0 radical (unpaired) electrons. The van der Waals surface area contributed by atoms with Gasteiger partial charge in [0.05, 0.1) is 0 Å². The molecular weight excluding hydrogens is 310 g/mol. The van der Waals surface area contributed by atoms with Crippen molar-refractivity contribution >= 4 is 27.3 Å². The summed E-state index contributed by atoms with van der Waals surface area (Å²) in [6.45, 7) is 4.11. The zero-order chi connectivity index (χ0) is 15.3. The number of thiophene rings is 1. The van der Waals surface area contributed by atoms with Gasteiger partial charge in [-0.25, -0.2) is 13.1 Å². The van der Waals surface area contributed by atoms with Crippen LogP contribution in [0.25, 0.3) is 0 Å². The molecule has 2 rings (SSSR count). The largest absolute Gasteiger partial charge is 0.355 e. The SMILES string of the molecule is Cc1ccc(S(=O)(=O)NCCNC(=O)C2CCNCC2)s1. The monoisotopic (exact) mass is 331 g/mol. The van der Waals surface area contributed by atoms with Crippen LogP contribution < -0.4 is 15.4 Å². The fourth-order valence-electron chi connectivity index (χ4n) is 2.23. The average molecular weight is 331 g/mol. The molecule has 0 bridgehead atoms. The number of amides is 1. The Labute approximate surface area is 129 Å². The lowest BCUT2D eigenvalue weighted by atomic mass is 9.97. The number of aryl methyl sites for hydroxylation is 1. The molecule has 118 valence electrons. The average Bonchev–Trinajstić information content (AvgIpc) is 2.92. The molecule has 1 aliphatic rings. The van der Waals surface area contributed by atoms with Crippen LogP contribution in [0.15, 0.2) is 16.3 Å². The molecule has 1 aromatic heterocycles. The van der Waals surface area contributed by atoms with E-state index in [1.54, 1.807) is 12.1 Å². The summed E-state index contributed by atoms with van der Waals surface area (Å²) in [7, 11) is -3.46. The van der Waals surface area contributed by atoms with Crippen molar-refractivity contribution in [1.82, 2.24) is 15.4 Å². The van der Waals surface area contributed by atoms with E-state index in [9.17, 15) is 13.2 Å². The van der Waals surface area contributed by atoms with E-state index in [0.29, 0.717) is 10.8 Å². The highest BCUT2D eigenvalue weighted by molar-refractivity contribution is 7.91. The summed E-state index contributed by atoms with van der Waals surface area (Å²) in [6, 6.07) is 3.37. The molecule has 3 N–H and O–H groups in total.